The van der Waals surface area contributed by atoms with Crippen molar-refractivity contribution >= 4 is 40.3 Å². The molecule has 20 heavy (non-hydrogen) atoms. The summed E-state index contributed by atoms with van der Waals surface area (Å²) >= 11 is 11.7. The van der Waals surface area contributed by atoms with E-state index in [2.05, 4.69) is 5.32 Å². The second-order valence-electron chi connectivity index (χ2n) is 4.48. The highest BCUT2D eigenvalue weighted by Crippen LogP contribution is 2.35. The van der Waals surface area contributed by atoms with Gasteiger partial charge in [-0.1, -0.05) is 35.3 Å². The molecular weight excluding hydrogens is 300 g/mol. The van der Waals surface area contributed by atoms with Crippen molar-refractivity contribution < 1.29 is 4.39 Å². The summed E-state index contributed by atoms with van der Waals surface area (Å²) in [5.41, 5.74) is 12.7. The van der Waals surface area contributed by atoms with Crippen LogP contribution in [0.3, 0.4) is 0 Å². The van der Waals surface area contributed by atoms with Gasteiger partial charge in [-0.2, -0.15) is 0 Å². The number of nitrogen functional groups attached to an aromatic ring is 2. The van der Waals surface area contributed by atoms with Crippen LogP contribution in [-0.4, -0.2) is 0 Å². The van der Waals surface area contributed by atoms with Gasteiger partial charge in [-0.3, -0.25) is 0 Å². The zero-order valence-corrected chi connectivity index (χ0v) is 12.3. The SMILES string of the molecule is CC(Nc1c(N)cc(N)c(Cl)c1F)c1cccc(Cl)c1. The van der Waals surface area contributed by atoms with Gasteiger partial charge in [0.05, 0.1) is 17.1 Å². The van der Waals surface area contributed by atoms with E-state index in [9.17, 15) is 4.39 Å². The Morgan fingerprint density at radius 2 is 1.85 bits per heavy atom. The Hall–Kier alpha value is -1.65. The van der Waals surface area contributed by atoms with E-state index in [0.717, 1.165) is 5.56 Å². The molecule has 0 aliphatic carbocycles. The number of nitrogens with two attached hydrogens (primary N) is 2. The Kier molecular flexibility index (Phi) is 4.26. The van der Waals surface area contributed by atoms with Gasteiger partial charge in [0.25, 0.3) is 0 Å². The molecular formula is C14H14Cl2FN3. The minimum absolute atomic E-state index is 0.114. The smallest absolute Gasteiger partial charge is 0.169 e. The predicted molar refractivity (Wildman–Crippen MR) is 83.7 cm³/mol. The number of hydrogen-bond donors (Lipinski definition) is 3. The summed E-state index contributed by atoms with van der Waals surface area (Å²) in [5, 5.41) is 3.46. The minimum Gasteiger partial charge on any atom is -0.397 e. The Morgan fingerprint density at radius 1 is 1.15 bits per heavy atom. The van der Waals surface area contributed by atoms with E-state index >= 15 is 0 Å². The van der Waals surface area contributed by atoms with Crippen LogP contribution < -0.4 is 16.8 Å². The molecule has 0 aliphatic heterocycles. The quantitative estimate of drug-likeness (QED) is 0.732. The van der Waals surface area contributed by atoms with E-state index in [1.165, 1.54) is 6.07 Å². The molecule has 0 saturated carbocycles. The van der Waals surface area contributed by atoms with Gasteiger partial charge in [0.2, 0.25) is 0 Å². The molecule has 2 aromatic rings. The van der Waals surface area contributed by atoms with E-state index in [-0.39, 0.29) is 28.1 Å². The maximum absolute atomic E-state index is 14.1. The summed E-state index contributed by atoms with van der Waals surface area (Å²) in [6.07, 6.45) is 0. The van der Waals surface area contributed by atoms with Crippen LogP contribution in [-0.2, 0) is 0 Å². The molecule has 0 aliphatic rings. The maximum Gasteiger partial charge on any atom is 0.169 e. The molecule has 0 aromatic heterocycles. The molecule has 0 radical (unpaired) electrons. The van der Waals surface area contributed by atoms with Crippen LogP contribution in [0, 0.1) is 5.82 Å². The average molecular weight is 314 g/mol. The second-order valence-corrected chi connectivity index (χ2v) is 5.29. The van der Waals surface area contributed by atoms with Gasteiger partial charge in [-0.05, 0) is 30.7 Å². The summed E-state index contributed by atoms with van der Waals surface area (Å²) < 4.78 is 14.1. The van der Waals surface area contributed by atoms with Crippen molar-refractivity contribution in [2.24, 2.45) is 0 Å². The Balaban J connectivity index is 2.33. The molecule has 0 bridgehead atoms. The number of anilines is 3. The van der Waals surface area contributed by atoms with Crippen LogP contribution in [0.25, 0.3) is 0 Å². The second kappa shape index (κ2) is 5.77. The molecule has 1 atom stereocenters. The largest absolute Gasteiger partial charge is 0.397 e. The third-order valence-corrected chi connectivity index (χ3v) is 3.59. The first-order valence-electron chi connectivity index (χ1n) is 5.95. The van der Waals surface area contributed by atoms with Crippen molar-refractivity contribution in [1.82, 2.24) is 0 Å². The third-order valence-electron chi connectivity index (χ3n) is 2.97. The Labute approximate surface area is 126 Å². The first kappa shape index (κ1) is 14.8. The van der Waals surface area contributed by atoms with Crippen LogP contribution in [0.15, 0.2) is 30.3 Å². The number of halogens is 3. The van der Waals surface area contributed by atoms with Crippen molar-refractivity contribution in [3.8, 4) is 0 Å². The first-order chi connectivity index (χ1) is 9.40. The summed E-state index contributed by atoms with van der Waals surface area (Å²) in [5.74, 6) is -0.655. The summed E-state index contributed by atoms with van der Waals surface area (Å²) in [4.78, 5) is 0. The lowest BCUT2D eigenvalue weighted by molar-refractivity contribution is 0.629. The molecule has 0 amide bonds. The average Bonchev–Trinajstić information content (AvgIpc) is 2.41. The maximum atomic E-state index is 14.1. The van der Waals surface area contributed by atoms with Gasteiger partial charge in [-0.25, -0.2) is 4.39 Å². The fourth-order valence-corrected chi connectivity index (χ4v) is 2.24. The van der Waals surface area contributed by atoms with Crippen molar-refractivity contribution in [3.05, 3.63) is 51.8 Å². The molecule has 0 spiro atoms. The van der Waals surface area contributed by atoms with Crippen LogP contribution in [0.4, 0.5) is 21.5 Å². The monoisotopic (exact) mass is 313 g/mol. The third kappa shape index (κ3) is 2.92. The van der Waals surface area contributed by atoms with Crippen molar-refractivity contribution in [2.45, 2.75) is 13.0 Å². The molecule has 5 N–H and O–H groups in total. The highest BCUT2D eigenvalue weighted by molar-refractivity contribution is 6.33. The van der Waals surface area contributed by atoms with Crippen molar-refractivity contribution in [1.29, 1.82) is 0 Å². The highest BCUT2D eigenvalue weighted by Gasteiger charge is 2.16. The molecule has 106 valence electrons. The number of rotatable bonds is 3. The van der Waals surface area contributed by atoms with Gasteiger partial charge in [-0.15, -0.1) is 0 Å². The van der Waals surface area contributed by atoms with Gasteiger partial charge in [0.1, 0.15) is 5.02 Å². The van der Waals surface area contributed by atoms with E-state index in [1.807, 2.05) is 19.1 Å². The zero-order valence-electron chi connectivity index (χ0n) is 10.8. The Bertz CT molecular complexity index is 647. The molecule has 2 rings (SSSR count). The molecule has 2 aromatic carbocycles. The molecule has 0 fully saturated rings. The Morgan fingerprint density at radius 3 is 2.50 bits per heavy atom. The highest BCUT2D eigenvalue weighted by atomic mass is 35.5. The number of benzene rings is 2. The first-order valence-corrected chi connectivity index (χ1v) is 6.70. The van der Waals surface area contributed by atoms with Gasteiger partial charge in [0, 0.05) is 11.1 Å². The lowest BCUT2D eigenvalue weighted by atomic mass is 10.1. The van der Waals surface area contributed by atoms with Gasteiger partial charge < -0.3 is 16.8 Å². The summed E-state index contributed by atoms with van der Waals surface area (Å²) in [7, 11) is 0. The van der Waals surface area contributed by atoms with Gasteiger partial charge >= 0.3 is 0 Å². The minimum atomic E-state index is -0.655. The van der Waals surface area contributed by atoms with E-state index in [1.54, 1.807) is 12.1 Å². The van der Waals surface area contributed by atoms with Crippen molar-refractivity contribution in [2.75, 3.05) is 16.8 Å². The number of hydrogen-bond acceptors (Lipinski definition) is 3. The van der Waals surface area contributed by atoms with E-state index in [4.69, 9.17) is 34.7 Å². The van der Waals surface area contributed by atoms with Crippen LogP contribution >= 0.6 is 23.2 Å². The standard InChI is InChI=1S/C14H14Cl2FN3/c1-7(8-3-2-4-9(15)5-8)20-14-11(19)6-10(18)12(16)13(14)17/h2-7,20H,18-19H2,1H3. The molecule has 1 unspecified atom stereocenters. The zero-order chi connectivity index (χ0) is 14.9. The molecule has 0 heterocycles. The van der Waals surface area contributed by atoms with Crippen LogP contribution in [0.2, 0.25) is 10.0 Å². The lowest BCUT2D eigenvalue weighted by Crippen LogP contribution is -2.11. The normalized spacial score (nSPS) is 12.2. The lowest BCUT2D eigenvalue weighted by Gasteiger charge is -2.19. The van der Waals surface area contributed by atoms with Gasteiger partial charge in [0.15, 0.2) is 5.82 Å². The summed E-state index contributed by atoms with van der Waals surface area (Å²) in [6.45, 7) is 1.87. The van der Waals surface area contributed by atoms with E-state index < -0.39 is 5.82 Å². The summed E-state index contributed by atoms with van der Waals surface area (Å²) in [6, 6.07) is 8.52. The fourth-order valence-electron chi connectivity index (χ4n) is 1.89. The van der Waals surface area contributed by atoms with Crippen LogP contribution in [0.5, 0.6) is 0 Å². The fraction of sp³-hybridized carbons (Fsp3) is 0.143. The van der Waals surface area contributed by atoms with E-state index in [0.29, 0.717) is 5.02 Å². The van der Waals surface area contributed by atoms with Crippen LogP contribution in [0.1, 0.15) is 18.5 Å². The number of nitrogens with one attached hydrogen (secondary N) is 1. The van der Waals surface area contributed by atoms with Crippen molar-refractivity contribution in [3.63, 3.8) is 0 Å². The topological polar surface area (TPSA) is 64.1 Å². The molecule has 0 saturated heterocycles. The predicted octanol–water partition coefficient (Wildman–Crippen LogP) is 4.47. The molecule has 6 heteroatoms. The molecule has 3 nitrogen and oxygen atoms in total.